The van der Waals surface area contributed by atoms with Gasteiger partial charge in [0.05, 0.1) is 10.0 Å². The lowest BCUT2D eigenvalue weighted by Gasteiger charge is -2.15. The normalized spacial score (nSPS) is 12.5. The molecular formula is C14H11Cl4N. The zero-order valence-corrected chi connectivity index (χ0v) is 12.9. The highest BCUT2D eigenvalue weighted by molar-refractivity contribution is 6.42. The number of benzene rings is 2. The Morgan fingerprint density at radius 3 is 2.37 bits per heavy atom. The first-order valence-corrected chi connectivity index (χ1v) is 7.13. The van der Waals surface area contributed by atoms with Gasteiger partial charge in [-0.2, -0.15) is 0 Å². The van der Waals surface area contributed by atoms with Crippen molar-refractivity contribution in [3.8, 4) is 0 Å². The lowest BCUT2D eigenvalue weighted by molar-refractivity contribution is 0.722. The Hall–Kier alpha value is -0.440. The lowest BCUT2D eigenvalue weighted by atomic mass is 9.99. The molecule has 100 valence electrons. The van der Waals surface area contributed by atoms with Gasteiger partial charge in [-0.3, -0.25) is 0 Å². The molecule has 19 heavy (non-hydrogen) atoms. The van der Waals surface area contributed by atoms with Gasteiger partial charge in [-0.05, 0) is 35.7 Å². The van der Waals surface area contributed by atoms with Crippen molar-refractivity contribution in [2.24, 2.45) is 5.73 Å². The monoisotopic (exact) mass is 333 g/mol. The van der Waals surface area contributed by atoms with E-state index in [1.165, 1.54) is 0 Å². The van der Waals surface area contributed by atoms with Gasteiger partial charge < -0.3 is 5.73 Å². The van der Waals surface area contributed by atoms with Crippen LogP contribution in [0.4, 0.5) is 0 Å². The van der Waals surface area contributed by atoms with E-state index in [1.54, 1.807) is 18.2 Å². The number of nitrogens with two attached hydrogens (primary N) is 1. The minimum absolute atomic E-state index is 0.263. The third-order valence-electron chi connectivity index (χ3n) is 2.83. The highest BCUT2D eigenvalue weighted by atomic mass is 35.5. The van der Waals surface area contributed by atoms with E-state index >= 15 is 0 Å². The Morgan fingerprint density at radius 1 is 0.947 bits per heavy atom. The number of hydrogen-bond acceptors (Lipinski definition) is 1. The molecule has 0 saturated carbocycles. The zero-order valence-electron chi connectivity index (χ0n) is 9.84. The zero-order chi connectivity index (χ0) is 14.0. The third-order valence-corrected chi connectivity index (χ3v) is 4.25. The van der Waals surface area contributed by atoms with Gasteiger partial charge in [-0.25, -0.2) is 0 Å². The highest BCUT2D eigenvalue weighted by Gasteiger charge is 2.14. The molecule has 2 N–H and O–H groups in total. The second-order valence-electron chi connectivity index (χ2n) is 4.19. The van der Waals surface area contributed by atoms with Gasteiger partial charge in [0.2, 0.25) is 0 Å². The van der Waals surface area contributed by atoms with E-state index in [0.29, 0.717) is 26.5 Å². The summed E-state index contributed by atoms with van der Waals surface area (Å²) in [4.78, 5) is 0. The van der Waals surface area contributed by atoms with Crippen LogP contribution >= 0.6 is 46.4 Å². The largest absolute Gasteiger partial charge is 0.324 e. The van der Waals surface area contributed by atoms with E-state index < -0.39 is 0 Å². The van der Waals surface area contributed by atoms with Crippen molar-refractivity contribution in [2.75, 3.05) is 0 Å². The average molecular weight is 335 g/mol. The van der Waals surface area contributed by atoms with Crippen molar-refractivity contribution in [2.45, 2.75) is 12.5 Å². The molecule has 0 aliphatic heterocycles. The summed E-state index contributed by atoms with van der Waals surface area (Å²) in [6, 6.07) is 10.5. The van der Waals surface area contributed by atoms with Gasteiger partial charge in [-0.15, -0.1) is 0 Å². The first kappa shape index (κ1) is 15.0. The molecule has 5 heteroatoms. The quantitative estimate of drug-likeness (QED) is 0.783. The van der Waals surface area contributed by atoms with E-state index in [1.807, 2.05) is 18.2 Å². The lowest BCUT2D eigenvalue weighted by Crippen LogP contribution is -2.14. The fourth-order valence-electron chi connectivity index (χ4n) is 1.86. The van der Waals surface area contributed by atoms with Crippen LogP contribution in [0.25, 0.3) is 0 Å². The van der Waals surface area contributed by atoms with Crippen LogP contribution in [0, 0.1) is 0 Å². The Kier molecular flexibility index (Phi) is 4.99. The molecule has 1 atom stereocenters. The van der Waals surface area contributed by atoms with E-state index in [0.717, 1.165) is 11.1 Å². The van der Waals surface area contributed by atoms with Gasteiger partial charge in [0, 0.05) is 16.1 Å². The van der Waals surface area contributed by atoms with E-state index in [9.17, 15) is 0 Å². The number of halogens is 4. The van der Waals surface area contributed by atoms with E-state index in [-0.39, 0.29) is 6.04 Å². The van der Waals surface area contributed by atoms with Gasteiger partial charge in [0.25, 0.3) is 0 Å². The van der Waals surface area contributed by atoms with Crippen molar-refractivity contribution in [3.05, 3.63) is 67.6 Å². The summed E-state index contributed by atoms with van der Waals surface area (Å²) in [6.07, 6.45) is 0.556. The Bertz CT molecular complexity index is 598. The van der Waals surface area contributed by atoms with E-state index in [2.05, 4.69) is 0 Å². The van der Waals surface area contributed by atoms with Gasteiger partial charge >= 0.3 is 0 Å². The summed E-state index contributed by atoms with van der Waals surface area (Å²) in [5.74, 6) is 0. The van der Waals surface area contributed by atoms with Crippen LogP contribution in [0.2, 0.25) is 20.1 Å². The van der Waals surface area contributed by atoms with Crippen molar-refractivity contribution >= 4 is 46.4 Å². The van der Waals surface area contributed by atoms with Gasteiger partial charge in [0.1, 0.15) is 0 Å². The van der Waals surface area contributed by atoms with Crippen molar-refractivity contribution in [1.82, 2.24) is 0 Å². The first-order chi connectivity index (χ1) is 8.99. The molecule has 0 spiro atoms. The molecule has 0 heterocycles. The summed E-state index contributed by atoms with van der Waals surface area (Å²) >= 11 is 24.1. The molecule has 0 amide bonds. The Labute approximate surface area is 132 Å². The summed E-state index contributed by atoms with van der Waals surface area (Å²) in [7, 11) is 0. The second-order valence-corrected chi connectivity index (χ2v) is 5.82. The van der Waals surface area contributed by atoms with Crippen molar-refractivity contribution < 1.29 is 0 Å². The van der Waals surface area contributed by atoms with Crippen LogP contribution < -0.4 is 5.73 Å². The summed E-state index contributed by atoms with van der Waals surface area (Å²) in [5, 5.41) is 2.19. The Morgan fingerprint density at radius 2 is 1.68 bits per heavy atom. The molecule has 2 rings (SSSR count). The topological polar surface area (TPSA) is 26.0 Å². The number of rotatable bonds is 3. The maximum Gasteiger partial charge on any atom is 0.0624 e. The number of hydrogen-bond donors (Lipinski definition) is 1. The van der Waals surface area contributed by atoms with Crippen molar-refractivity contribution in [1.29, 1.82) is 0 Å². The molecule has 0 fully saturated rings. The molecule has 0 aliphatic rings. The summed E-state index contributed by atoms with van der Waals surface area (Å²) in [5.41, 5.74) is 7.90. The van der Waals surface area contributed by atoms with Crippen LogP contribution in [0.1, 0.15) is 17.2 Å². The minimum Gasteiger partial charge on any atom is -0.324 e. The Balaban J connectivity index is 2.25. The molecule has 2 aromatic carbocycles. The molecule has 1 nitrogen and oxygen atoms in total. The first-order valence-electron chi connectivity index (χ1n) is 5.62. The predicted molar refractivity (Wildman–Crippen MR) is 83.6 cm³/mol. The molecule has 0 bridgehead atoms. The van der Waals surface area contributed by atoms with Crippen LogP contribution in [-0.4, -0.2) is 0 Å². The maximum absolute atomic E-state index is 6.17. The fourth-order valence-corrected chi connectivity index (χ4v) is 2.80. The van der Waals surface area contributed by atoms with Gasteiger partial charge in [0.15, 0.2) is 0 Å². The molecule has 1 unspecified atom stereocenters. The summed E-state index contributed by atoms with van der Waals surface area (Å²) in [6.45, 7) is 0. The standard InChI is InChI=1S/C14H11Cl4N/c15-9-4-5-10(12(17)7-9)13(19)6-8-2-1-3-11(16)14(8)18/h1-5,7,13H,6,19H2. The molecule has 0 radical (unpaired) electrons. The maximum atomic E-state index is 6.17. The molecule has 0 aromatic heterocycles. The smallest absolute Gasteiger partial charge is 0.0624 e. The van der Waals surface area contributed by atoms with Crippen LogP contribution in [0.3, 0.4) is 0 Å². The van der Waals surface area contributed by atoms with Crippen LogP contribution in [0.15, 0.2) is 36.4 Å². The molecule has 2 aromatic rings. The molecule has 0 aliphatic carbocycles. The highest BCUT2D eigenvalue weighted by Crippen LogP contribution is 2.31. The van der Waals surface area contributed by atoms with Gasteiger partial charge in [-0.1, -0.05) is 64.6 Å². The molecular weight excluding hydrogens is 324 g/mol. The minimum atomic E-state index is -0.263. The second kappa shape index (κ2) is 6.34. The predicted octanol–water partition coefficient (Wildman–Crippen LogP) is 5.54. The molecule has 0 saturated heterocycles. The van der Waals surface area contributed by atoms with E-state index in [4.69, 9.17) is 52.1 Å². The fraction of sp³-hybridized carbons (Fsp3) is 0.143. The van der Waals surface area contributed by atoms with Crippen molar-refractivity contribution in [3.63, 3.8) is 0 Å². The van der Waals surface area contributed by atoms with Crippen LogP contribution in [-0.2, 0) is 6.42 Å². The summed E-state index contributed by atoms with van der Waals surface area (Å²) < 4.78 is 0. The SMILES string of the molecule is NC(Cc1cccc(Cl)c1Cl)c1ccc(Cl)cc1Cl. The average Bonchev–Trinajstić information content (AvgIpc) is 2.34. The van der Waals surface area contributed by atoms with Crippen LogP contribution in [0.5, 0.6) is 0 Å². The third kappa shape index (κ3) is 3.56.